The normalized spacial score (nSPS) is 21.2. The number of ether oxygens (including phenoxy) is 3. The van der Waals surface area contributed by atoms with Crippen LogP contribution in [0, 0.1) is 0 Å². The lowest BCUT2D eigenvalue weighted by Crippen LogP contribution is -2.32. The summed E-state index contributed by atoms with van der Waals surface area (Å²) in [4.78, 5) is 12.5. The zero-order valence-electron chi connectivity index (χ0n) is 19.4. The summed E-state index contributed by atoms with van der Waals surface area (Å²) in [5, 5.41) is 7.18. The Balaban J connectivity index is 1.62. The van der Waals surface area contributed by atoms with Crippen molar-refractivity contribution in [3.8, 4) is 11.3 Å². The van der Waals surface area contributed by atoms with Gasteiger partial charge in [0, 0.05) is 36.0 Å². The summed E-state index contributed by atoms with van der Waals surface area (Å²) < 4.78 is 60.4. The van der Waals surface area contributed by atoms with E-state index in [0.717, 1.165) is 18.9 Å². The molecule has 186 valence electrons. The maximum absolute atomic E-state index is 14.1. The van der Waals surface area contributed by atoms with Crippen LogP contribution in [-0.2, 0) is 26.9 Å². The van der Waals surface area contributed by atoms with E-state index in [1.165, 1.54) is 12.1 Å². The first-order valence-corrected chi connectivity index (χ1v) is 11.6. The van der Waals surface area contributed by atoms with Crippen molar-refractivity contribution in [1.82, 2.24) is 15.1 Å². The molecule has 1 N–H and O–H groups in total. The highest BCUT2D eigenvalue weighted by Gasteiger charge is 2.36. The van der Waals surface area contributed by atoms with Crippen molar-refractivity contribution in [3.05, 3.63) is 41.1 Å². The van der Waals surface area contributed by atoms with Gasteiger partial charge >= 0.3 is 6.18 Å². The monoisotopic (exact) mass is 481 g/mol. The molecule has 1 aromatic carbocycles. The van der Waals surface area contributed by atoms with E-state index in [1.807, 2.05) is 13.8 Å². The SMILES string of the molecule is CC(C)c1cn(C[C@H]2COCCO2)nc1-c1ccc(C(=O)NC[C@@H]2CCCO2)cc1C(F)(F)F. The third-order valence-corrected chi connectivity index (χ3v) is 6.04. The fraction of sp³-hybridized carbons (Fsp3) is 0.583. The minimum absolute atomic E-state index is 0.0487. The quantitative estimate of drug-likeness (QED) is 0.647. The van der Waals surface area contributed by atoms with E-state index in [9.17, 15) is 18.0 Å². The summed E-state index contributed by atoms with van der Waals surface area (Å²) in [6.45, 7) is 6.52. The molecule has 4 rings (SSSR count). The number of amides is 1. The van der Waals surface area contributed by atoms with E-state index in [4.69, 9.17) is 14.2 Å². The number of hydrogen-bond donors (Lipinski definition) is 1. The molecule has 7 nitrogen and oxygen atoms in total. The summed E-state index contributed by atoms with van der Waals surface area (Å²) >= 11 is 0. The Bertz CT molecular complexity index is 994. The number of nitrogens with zero attached hydrogens (tertiary/aromatic N) is 2. The Labute approximate surface area is 196 Å². The summed E-state index contributed by atoms with van der Waals surface area (Å²) in [6.07, 6.45) is -1.46. The van der Waals surface area contributed by atoms with E-state index in [2.05, 4.69) is 10.4 Å². The fourth-order valence-corrected chi connectivity index (χ4v) is 4.25. The molecular formula is C24H30F3N3O4. The zero-order chi connectivity index (χ0) is 24.3. The lowest BCUT2D eigenvalue weighted by molar-refractivity contribution is -0.137. The second-order valence-electron chi connectivity index (χ2n) is 8.98. The van der Waals surface area contributed by atoms with Crippen LogP contribution in [0.3, 0.4) is 0 Å². The van der Waals surface area contributed by atoms with Gasteiger partial charge in [0.05, 0.1) is 43.7 Å². The number of carbonyl (C=O) groups is 1. The van der Waals surface area contributed by atoms with Crippen LogP contribution in [0.1, 0.15) is 54.1 Å². The summed E-state index contributed by atoms with van der Waals surface area (Å²) in [6, 6.07) is 3.65. The van der Waals surface area contributed by atoms with Gasteiger partial charge in [-0.3, -0.25) is 9.48 Å². The van der Waals surface area contributed by atoms with Gasteiger partial charge in [-0.05, 0) is 30.9 Å². The Morgan fingerprint density at radius 2 is 2.00 bits per heavy atom. The molecule has 2 atom stereocenters. The minimum Gasteiger partial charge on any atom is -0.376 e. The molecule has 1 amide bonds. The van der Waals surface area contributed by atoms with Crippen molar-refractivity contribution in [3.63, 3.8) is 0 Å². The first-order chi connectivity index (χ1) is 16.2. The Hall–Kier alpha value is -2.43. The van der Waals surface area contributed by atoms with Crippen molar-refractivity contribution in [2.24, 2.45) is 0 Å². The van der Waals surface area contributed by atoms with Crippen molar-refractivity contribution < 1.29 is 32.2 Å². The first-order valence-electron chi connectivity index (χ1n) is 11.6. The third kappa shape index (κ3) is 5.79. The topological polar surface area (TPSA) is 74.6 Å². The maximum atomic E-state index is 14.1. The lowest BCUT2D eigenvalue weighted by atomic mass is 9.94. The molecule has 2 saturated heterocycles. The zero-order valence-corrected chi connectivity index (χ0v) is 19.4. The summed E-state index contributed by atoms with van der Waals surface area (Å²) in [7, 11) is 0. The molecule has 2 aromatic rings. The molecule has 2 fully saturated rings. The van der Waals surface area contributed by atoms with E-state index in [-0.39, 0.29) is 41.5 Å². The average Bonchev–Trinajstić information content (AvgIpc) is 3.47. The second kappa shape index (κ2) is 10.5. The highest BCUT2D eigenvalue weighted by Crippen LogP contribution is 2.39. The molecule has 0 spiro atoms. The minimum atomic E-state index is -4.65. The van der Waals surface area contributed by atoms with Crippen molar-refractivity contribution in [2.45, 2.75) is 57.5 Å². The van der Waals surface area contributed by atoms with Crippen LogP contribution in [-0.4, -0.2) is 60.9 Å². The van der Waals surface area contributed by atoms with Crippen molar-refractivity contribution in [2.75, 3.05) is 33.0 Å². The van der Waals surface area contributed by atoms with Gasteiger partial charge in [0.1, 0.15) is 6.10 Å². The molecule has 3 heterocycles. The molecule has 2 aliphatic rings. The number of benzene rings is 1. The molecule has 0 saturated carbocycles. The number of carbonyl (C=O) groups excluding carboxylic acids is 1. The van der Waals surface area contributed by atoms with Crippen LogP contribution >= 0.6 is 0 Å². The van der Waals surface area contributed by atoms with E-state index < -0.39 is 17.6 Å². The number of aromatic nitrogens is 2. The smallest absolute Gasteiger partial charge is 0.376 e. The summed E-state index contributed by atoms with van der Waals surface area (Å²) in [5.74, 6) is -0.612. The molecule has 0 radical (unpaired) electrons. The molecule has 2 aliphatic heterocycles. The second-order valence-corrected chi connectivity index (χ2v) is 8.98. The number of hydrogen-bond acceptors (Lipinski definition) is 5. The maximum Gasteiger partial charge on any atom is 0.417 e. The van der Waals surface area contributed by atoms with Gasteiger partial charge in [-0.25, -0.2) is 0 Å². The van der Waals surface area contributed by atoms with Crippen LogP contribution in [0.15, 0.2) is 24.4 Å². The van der Waals surface area contributed by atoms with Gasteiger partial charge in [-0.1, -0.05) is 19.9 Å². The largest absolute Gasteiger partial charge is 0.417 e. The molecule has 0 bridgehead atoms. The number of nitrogens with one attached hydrogen (secondary N) is 1. The van der Waals surface area contributed by atoms with Gasteiger partial charge in [-0.2, -0.15) is 18.3 Å². The number of rotatable bonds is 7. The molecular weight excluding hydrogens is 451 g/mol. The molecule has 0 aliphatic carbocycles. The molecule has 1 aromatic heterocycles. The van der Waals surface area contributed by atoms with Gasteiger partial charge in [0.15, 0.2) is 0 Å². The van der Waals surface area contributed by atoms with Crippen LogP contribution in [0.25, 0.3) is 11.3 Å². The molecule has 34 heavy (non-hydrogen) atoms. The van der Waals surface area contributed by atoms with Gasteiger partial charge in [-0.15, -0.1) is 0 Å². The molecule has 10 heteroatoms. The van der Waals surface area contributed by atoms with Crippen molar-refractivity contribution >= 4 is 5.91 Å². The Morgan fingerprint density at radius 1 is 1.21 bits per heavy atom. The van der Waals surface area contributed by atoms with E-state index >= 15 is 0 Å². The van der Waals surface area contributed by atoms with Crippen LogP contribution in [0.5, 0.6) is 0 Å². The van der Waals surface area contributed by atoms with Crippen LogP contribution in [0.2, 0.25) is 0 Å². The first kappa shape index (κ1) is 24.7. The number of alkyl halides is 3. The summed E-state index contributed by atoms with van der Waals surface area (Å²) in [5.41, 5.74) is -0.0383. The third-order valence-electron chi connectivity index (χ3n) is 6.04. The van der Waals surface area contributed by atoms with Gasteiger partial charge in [0.25, 0.3) is 5.91 Å². The lowest BCUT2D eigenvalue weighted by Gasteiger charge is -2.22. The van der Waals surface area contributed by atoms with Gasteiger partial charge in [0.2, 0.25) is 0 Å². The van der Waals surface area contributed by atoms with E-state index in [0.29, 0.717) is 38.5 Å². The Kier molecular flexibility index (Phi) is 7.59. The predicted octanol–water partition coefficient (Wildman–Crippen LogP) is 4.02. The van der Waals surface area contributed by atoms with Gasteiger partial charge < -0.3 is 19.5 Å². The van der Waals surface area contributed by atoms with Crippen molar-refractivity contribution in [1.29, 1.82) is 0 Å². The standard InChI is InChI=1S/C24H30F3N3O4/c1-15(2)20-13-30(12-18-14-32-8-9-34-18)29-22(20)19-6-5-16(10-21(19)24(25,26)27)23(31)28-11-17-4-3-7-33-17/h5-6,10,13,15,17-18H,3-4,7-9,11-12,14H2,1-2H3,(H,28,31)/t17-,18-/m0/s1. The fourth-order valence-electron chi connectivity index (χ4n) is 4.25. The van der Waals surface area contributed by atoms with E-state index in [1.54, 1.807) is 10.9 Å². The van der Waals surface area contributed by atoms with Crippen LogP contribution < -0.4 is 5.32 Å². The highest BCUT2D eigenvalue weighted by atomic mass is 19.4. The highest BCUT2D eigenvalue weighted by molar-refractivity contribution is 5.95. The van der Waals surface area contributed by atoms with Crippen LogP contribution in [0.4, 0.5) is 13.2 Å². The predicted molar refractivity (Wildman–Crippen MR) is 119 cm³/mol. The average molecular weight is 482 g/mol. The number of halogens is 3. The molecule has 0 unspecified atom stereocenters. The Morgan fingerprint density at radius 3 is 2.65 bits per heavy atom.